The molecule has 2 nitrogen and oxygen atoms in total. The molecule has 0 radical (unpaired) electrons. The van der Waals surface area contributed by atoms with Gasteiger partial charge < -0.3 is 10.0 Å². The smallest absolute Gasteiger partial charge is 0.889 e. The van der Waals surface area contributed by atoms with E-state index in [1.165, 1.54) is 12.1 Å². The summed E-state index contributed by atoms with van der Waals surface area (Å²) < 4.78 is 0. The molecule has 0 unspecified atom stereocenters. The van der Waals surface area contributed by atoms with Crippen molar-refractivity contribution < 1.29 is 47.8 Å². The number of benzene rings is 1. The van der Waals surface area contributed by atoms with Crippen LogP contribution >= 0.6 is 0 Å². The number of hydrogen-bond acceptors (Lipinski definition) is 2. The van der Waals surface area contributed by atoms with Crippen molar-refractivity contribution in [3.05, 3.63) is 30.3 Å². The van der Waals surface area contributed by atoms with E-state index < -0.39 is 7.12 Å². The van der Waals surface area contributed by atoms with Crippen LogP contribution in [0.4, 0.5) is 0 Å². The van der Waals surface area contributed by atoms with Gasteiger partial charge in [-0.05, 0) is 0 Å². The summed E-state index contributed by atoms with van der Waals surface area (Å²) in [6.45, 7) is 0. The fraction of sp³-hybridized carbons (Fsp3) is 0. The van der Waals surface area contributed by atoms with Gasteiger partial charge >= 0.3 is 37.7 Å². The molecule has 1 aromatic carbocycles. The molecule has 11 heavy (non-hydrogen) atoms. The van der Waals surface area contributed by atoms with Gasteiger partial charge in [-0.1, -0.05) is 37.5 Å². The van der Waals surface area contributed by atoms with Gasteiger partial charge in [-0.25, -0.2) is 0 Å². The molecule has 0 saturated carbocycles. The van der Waals surface area contributed by atoms with Gasteiger partial charge in [0.2, 0.25) is 0 Å². The Balaban J connectivity index is 0. The Bertz CT molecular complexity index is 181. The van der Waals surface area contributed by atoms with Crippen molar-refractivity contribution in [2.45, 2.75) is 0 Å². The number of hydrogen-bond donors (Lipinski definition) is 0. The minimum atomic E-state index is -1.84. The Morgan fingerprint density at radius 3 is 1.64 bits per heavy atom. The van der Waals surface area contributed by atoms with Crippen molar-refractivity contribution in [2.24, 2.45) is 0 Å². The SMILES string of the molecule is [Li+].[Li+].[O-]B([O-])c1ccccc1. The maximum atomic E-state index is 10.2. The van der Waals surface area contributed by atoms with Crippen LogP contribution in [0.5, 0.6) is 0 Å². The first-order chi connectivity index (χ1) is 4.30. The maximum absolute atomic E-state index is 10.2. The molecule has 0 atom stereocenters. The van der Waals surface area contributed by atoms with Gasteiger partial charge in [0.05, 0.1) is 0 Å². The first kappa shape index (κ1) is 14.0. The molecule has 0 fully saturated rings. The Morgan fingerprint density at radius 1 is 0.909 bits per heavy atom. The summed E-state index contributed by atoms with van der Waals surface area (Å²) >= 11 is 0. The average molecular weight is 134 g/mol. The van der Waals surface area contributed by atoms with Gasteiger partial charge in [0.25, 0.3) is 0 Å². The Morgan fingerprint density at radius 2 is 1.36 bits per heavy atom. The molecule has 1 aromatic rings. The molecule has 0 amide bonds. The van der Waals surface area contributed by atoms with Gasteiger partial charge in [-0.3, -0.25) is 0 Å². The number of rotatable bonds is 1. The van der Waals surface area contributed by atoms with Crippen LogP contribution in [-0.2, 0) is 0 Å². The van der Waals surface area contributed by atoms with Crippen molar-refractivity contribution in [3.63, 3.8) is 0 Å². The normalized spacial score (nSPS) is 7.45. The molecule has 46 valence electrons. The Hall–Kier alpha value is 0.400. The van der Waals surface area contributed by atoms with Crippen LogP contribution in [0.3, 0.4) is 0 Å². The fourth-order valence-corrected chi connectivity index (χ4v) is 0.610. The Labute approximate surface area is 90.5 Å². The minimum absolute atomic E-state index is 0. The van der Waals surface area contributed by atoms with Crippen LogP contribution in [0.25, 0.3) is 0 Å². The summed E-state index contributed by atoms with van der Waals surface area (Å²) in [5.74, 6) is 0. The molecular formula is C6H5BLi2O2. The zero-order chi connectivity index (χ0) is 6.69. The second kappa shape index (κ2) is 7.07. The molecule has 5 heteroatoms. The fourth-order valence-electron chi connectivity index (χ4n) is 0.610. The summed E-state index contributed by atoms with van der Waals surface area (Å²) in [6.07, 6.45) is 0. The summed E-state index contributed by atoms with van der Waals surface area (Å²) in [4.78, 5) is 0. The molecule has 0 aromatic heterocycles. The predicted octanol–water partition coefficient (Wildman–Crippen LogP) is -7.89. The third-order valence-corrected chi connectivity index (χ3v) is 1.07. The average Bonchev–Trinajstić information content (AvgIpc) is 1.90. The van der Waals surface area contributed by atoms with E-state index in [1.807, 2.05) is 0 Å². The van der Waals surface area contributed by atoms with Gasteiger partial charge in [-0.2, -0.15) is 0 Å². The van der Waals surface area contributed by atoms with E-state index in [0.717, 1.165) is 0 Å². The minimum Gasteiger partial charge on any atom is -0.889 e. The summed E-state index contributed by atoms with van der Waals surface area (Å²) in [5.41, 5.74) is 0.303. The van der Waals surface area contributed by atoms with E-state index >= 15 is 0 Å². The molecule has 0 aliphatic carbocycles. The van der Waals surface area contributed by atoms with Crippen molar-refractivity contribution in [1.29, 1.82) is 0 Å². The zero-order valence-electron chi connectivity index (χ0n) is 6.78. The van der Waals surface area contributed by atoms with Crippen LogP contribution in [0.15, 0.2) is 30.3 Å². The molecule has 1 rings (SSSR count). The van der Waals surface area contributed by atoms with Crippen molar-refractivity contribution in [1.82, 2.24) is 0 Å². The van der Waals surface area contributed by atoms with Crippen LogP contribution in [0, 0.1) is 0 Å². The van der Waals surface area contributed by atoms with Crippen molar-refractivity contribution in [3.8, 4) is 0 Å². The third kappa shape index (κ3) is 4.77. The summed E-state index contributed by atoms with van der Waals surface area (Å²) in [6, 6.07) is 8.19. The molecule has 0 heterocycles. The predicted molar refractivity (Wildman–Crippen MR) is 31.8 cm³/mol. The van der Waals surface area contributed by atoms with Crippen LogP contribution < -0.4 is 53.2 Å². The second-order valence-electron chi connectivity index (χ2n) is 1.74. The third-order valence-electron chi connectivity index (χ3n) is 1.07. The van der Waals surface area contributed by atoms with Gasteiger partial charge in [0.1, 0.15) is 0 Å². The first-order valence-electron chi connectivity index (χ1n) is 2.67. The van der Waals surface area contributed by atoms with Crippen LogP contribution in [-0.4, -0.2) is 7.12 Å². The maximum Gasteiger partial charge on any atom is 1.00 e. The van der Waals surface area contributed by atoms with E-state index in [2.05, 4.69) is 0 Å². The van der Waals surface area contributed by atoms with E-state index in [0.29, 0.717) is 5.46 Å². The molecule has 0 saturated heterocycles. The largest absolute Gasteiger partial charge is 1.00 e. The van der Waals surface area contributed by atoms with Crippen molar-refractivity contribution in [2.75, 3.05) is 0 Å². The van der Waals surface area contributed by atoms with Gasteiger partial charge in [0, 0.05) is 0 Å². The molecular weight excluding hydrogens is 129 g/mol. The van der Waals surface area contributed by atoms with Crippen LogP contribution in [0.2, 0.25) is 0 Å². The monoisotopic (exact) mass is 134 g/mol. The van der Waals surface area contributed by atoms with Crippen LogP contribution in [0.1, 0.15) is 0 Å². The van der Waals surface area contributed by atoms with Gasteiger partial charge in [-0.15, -0.1) is 5.46 Å². The van der Waals surface area contributed by atoms with E-state index in [9.17, 15) is 10.0 Å². The molecule has 0 bridgehead atoms. The molecule has 0 spiro atoms. The molecule has 0 N–H and O–H groups in total. The van der Waals surface area contributed by atoms with E-state index in [-0.39, 0.29) is 37.7 Å². The van der Waals surface area contributed by atoms with Gasteiger partial charge in [0.15, 0.2) is 0 Å². The standard InChI is InChI=1S/C6H5BO2.2Li/c8-7(9)6-4-2-1-3-5-6;;/h1-5H;;/q-2;2*+1. The molecule has 0 aliphatic rings. The summed E-state index contributed by atoms with van der Waals surface area (Å²) in [7, 11) is -1.84. The quantitative estimate of drug-likeness (QED) is 0.358. The van der Waals surface area contributed by atoms with E-state index in [1.54, 1.807) is 18.2 Å². The Kier molecular flexibility index (Phi) is 8.97. The second-order valence-corrected chi connectivity index (χ2v) is 1.74. The summed E-state index contributed by atoms with van der Waals surface area (Å²) in [5, 5.41) is 20.3. The van der Waals surface area contributed by atoms with E-state index in [4.69, 9.17) is 0 Å². The zero-order valence-corrected chi connectivity index (χ0v) is 6.78. The topological polar surface area (TPSA) is 46.1 Å². The molecule has 0 aliphatic heterocycles. The first-order valence-corrected chi connectivity index (χ1v) is 2.67. The van der Waals surface area contributed by atoms with Crippen molar-refractivity contribution >= 4 is 12.6 Å².